The van der Waals surface area contributed by atoms with Crippen LogP contribution in [-0.4, -0.2) is 39.7 Å². The zero-order valence-electron chi connectivity index (χ0n) is 13.0. The van der Waals surface area contributed by atoms with Crippen molar-refractivity contribution in [1.29, 1.82) is 0 Å². The number of fused-ring (bicyclic) bond motifs is 1. The number of carbonyl (C=O) groups excluding carboxylic acids is 1. The van der Waals surface area contributed by atoms with Crippen molar-refractivity contribution in [1.82, 2.24) is 20.2 Å². The first-order valence-corrected chi connectivity index (χ1v) is 7.22. The van der Waals surface area contributed by atoms with Crippen molar-refractivity contribution in [3.05, 3.63) is 47.7 Å². The second-order valence-corrected chi connectivity index (χ2v) is 5.53. The third-order valence-electron chi connectivity index (χ3n) is 3.36. The number of anilines is 1. The summed E-state index contributed by atoms with van der Waals surface area (Å²) in [6.45, 7) is 2.84. The van der Waals surface area contributed by atoms with Gasteiger partial charge >= 0.3 is 0 Å². The summed E-state index contributed by atoms with van der Waals surface area (Å²) >= 11 is 0. The third kappa shape index (κ3) is 3.89. The summed E-state index contributed by atoms with van der Waals surface area (Å²) in [7, 11) is 1.88. The fraction of sp³-hybridized carbons (Fsp3) is 0.250. The molecule has 0 atom stereocenters. The quantitative estimate of drug-likeness (QED) is 0.776. The number of pyridine rings is 1. The number of nitrogens with zero attached hydrogens (tertiary/aromatic N) is 4. The van der Waals surface area contributed by atoms with E-state index < -0.39 is 0 Å². The highest BCUT2D eigenvalue weighted by Gasteiger charge is 2.09. The minimum Gasteiger partial charge on any atom is -0.310 e. The van der Waals surface area contributed by atoms with Crippen LogP contribution in [0.4, 0.5) is 5.82 Å². The lowest BCUT2D eigenvalue weighted by Gasteiger charge is -2.16. The molecule has 2 aromatic heterocycles. The summed E-state index contributed by atoms with van der Waals surface area (Å²) in [4.78, 5) is 18.1. The number of likely N-dealkylation sites (N-methyl/N-ethyl adjacent to an activating group) is 1. The van der Waals surface area contributed by atoms with Crippen LogP contribution in [0, 0.1) is 6.92 Å². The van der Waals surface area contributed by atoms with Gasteiger partial charge in [-0.05, 0) is 53.6 Å². The number of nitrogens with one attached hydrogen (secondary N) is 1. The van der Waals surface area contributed by atoms with Gasteiger partial charge in [-0.15, -0.1) is 0 Å². The Morgan fingerprint density at radius 2 is 2.04 bits per heavy atom. The van der Waals surface area contributed by atoms with Crippen LogP contribution in [0.3, 0.4) is 0 Å². The maximum atomic E-state index is 12.0. The maximum absolute atomic E-state index is 12.0. The Labute approximate surface area is 133 Å². The van der Waals surface area contributed by atoms with Crippen LogP contribution in [0.15, 0.2) is 41.2 Å². The molecule has 118 valence electrons. The molecule has 0 saturated heterocycles. The van der Waals surface area contributed by atoms with Gasteiger partial charge in [0.25, 0.3) is 0 Å². The minimum atomic E-state index is -0.104. The Hall–Kier alpha value is -2.80. The first-order valence-electron chi connectivity index (χ1n) is 7.22. The summed E-state index contributed by atoms with van der Waals surface area (Å²) in [5, 5.41) is 10.4. The molecular weight excluding hydrogens is 294 g/mol. The van der Waals surface area contributed by atoms with Gasteiger partial charge in [0.15, 0.2) is 0 Å². The largest absolute Gasteiger partial charge is 0.310 e. The van der Waals surface area contributed by atoms with E-state index in [1.54, 1.807) is 12.3 Å². The molecule has 0 bridgehead atoms. The van der Waals surface area contributed by atoms with E-state index in [2.05, 4.69) is 25.2 Å². The molecule has 0 saturated carbocycles. The molecule has 1 aromatic carbocycles. The maximum Gasteiger partial charge on any atom is 0.239 e. The van der Waals surface area contributed by atoms with Crippen LogP contribution in [0.2, 0.25) is 0 Å². The van der Waals surface area contributed by atoms with E-state index in [9.17, 15) is 4.79 Å². The molecule has 0 radical (unpaired) electrons. The van der Waals surface area contributed by atoms with Crippen molar-refractivity contribution < 1.29 is 9.42 Å². The smallest absolute Gasteiger partial charge is 0.239 e. The van der Waals surface area contributed by atoms with Crippen LogP contribution in [0.5, 0.6) is 0 Å². The fourth-order valence-electron chi connectivity index (χ4n) is 2.26. The lowest BCUT2D eigenvalue weighted by Crippen LogP contribution is -2.30. The minimum absolute atomic E-state index is 0.104. The van der Waals surface area contributed by atoms with Gasteiger partial charge in [0.05, 0.1) is 6.54 Å². The van der Waals surface area contributed by atoms with Crippen LogP contribution in [-0.2, 0) is 11.3 Å². The number of carbonyl (C=O) groups is 1. The number of amides is 1. The lowest BCUT2D eigenvalue weighted by molar-refractivity contribution is -0.117. The molecule has 0 spiro atoms. The average Bonchev–Trinajstić information content (AvgIpc) is 2.97. The highest BCUT2D eigenvalue weighted by Crippen LogP contribution is 2.13. The number of rotatable bonds is 5. The summed E-state index contributed by atoms with van der Waals surface area (Å²) in [5.41, 5.74) is 3.53. The second-order valence-electron chi connectivity index (χ2n) is 5.53. The first kappa shape index (κ1) is 15.1. The van der Waals surface area contributed by atoms with Crippen molar-refractivity contribution in [3.8, 4) is 0 Å². The monoisotopic (exact) mass is 311 g/mol. The molecule has 0 aliphatic rings. The number of aryl methyl sites for hydroxylation is 1. The molecule has 0 aliphatic carbocycles. The topological polar surface area (TPSA) is 84.2 Å². The van der Waals surface area contributed by atoms with E-state index in [4.69, 9.17) is 0 Å². The van der Waals surface area contributed by atoms with Gasteiger partial charge in [0.2, 0.25) is 5.91 Å². The van der Waals surface area contributed by atoms with Gasteiger partial charge in [-0.1, -0.05) is 12.1 Å². The number of hydrogen-bond donors (Lipinski definition) is 1. The molecule has 1 amide bonds. The summed E-state index contributed by atoms with van der Waals surface area (Å²) < 4.78 is 4.68. The fourth-order valence-corrected chi connectivity index (χ4v) is 2.26. The van der Waals surface area contributed by atoms with Crippen LogP contribution in [0.25, 0.3) is 11.0 Å². The number of benzene rings is 1. The predicted octanol–water partition coefficient (Wildman–Crippen LogP) is 2.00. The Balaban J connectivity index is 1.56. The number of aromatic nitrogens is 3. The van der Waals surface area contributed by atoms with Gasteiger partial charge in [0.1, 0.15) is 16.9 Å². The highest BCUT2D eigenvalue weighted by molar-refractivity contribution is 5.91. The van der Waals surface area contributed by atoms with Gasteiger partial charge in [-0.25, -0.2) is 9.61 Å². The second kappa shape index (κ2) is 6.53. The van der Waals surface area contributed by atoms with Crippen LogP contribution >= 0.6 is 0 Å². The molecule has 3 aromatic rings. The Kier molecular flexibility index (Phi) is 4.29. The average molecular weight is 311 g/mol. The van der Waals surface area contributed by atoms with E-state index in [1.165, 1.54) is 0 Å². The summed E-state index contributed by atoms with van der Waals surface area (Å²) in [6.07, 6.45) is 1.72. The zero-order valence-corrected chi connectivity index (χ0v) is 13.0. The van der Waals surface area contributed by atoms with Crippen molar-refractivity contribution in [2.75, 3.05) is 18.9 Å². The first-order chi connectivity index (χ1) is 11.1. The van der Waals surface area contributed by atoms with Gasteiger partial charge in [-0.3, -0.25) is 9.69 Å². The molecule has 7 heteroatoms. The van der Waals surface area contributed by atoms with E-state index >= 15 is 0 Å². The third-order valence-corrected chi connectivity index (χ3v) is 3.36. The molecular formula is C16H17N5O2. The highest BCUT2D eigenvalue weighted by atomic mass is 16.6. The van der Waals surface area contributed by atoms with Crippen molar-refractivity contribution in [3.63, 3.8) is 0 Å². The normalized spacial score (nSPS) is 11.1. The van der Waals surface area contributed by atoms with Crippen LogP contribution in [0.1, 0.15) is 11.1 Å². The molecule has 0 unspecified atom stereocenters. The Bertz CT molecular complexity index is 813. The van der Waals surface area contributed by atoms with E-state index in [1.807, 2.05) is 43.1 Å². The van der Waals surface area contributed by atoms with Gasteiger partial charge < -0.3 is 5.32 Å². The Morgan fingerprint density at radius 3 is 2.83 bits per heavy atom. The van der Waals surface area contributed by atoms with Gasteiger partial charge in [0, 0.05) is 12.7 Å². The van der Waals surface area contributed by atoms with Crippen molar-refractivity contribution in [2.24, 2.45) is 0 Å². The molecule has 0 fully saturated rings. The summed E-state index contributed by atoms with van der Waals surface area (Å²) in [6, 6.07) is 9.40. The zero-order chi connectivity index (χ0) is 16.2. The Morgan fingerprint density at radius 1 is 1.22 bits per heavy atom. The van der Waals surface area contributed by atoms with Gasteiger partial charge in [-0.2, -0.15) is 0 Å². The van der Waals surface area contributed by atoms with Crippen molar-refractivity contribution >= 4 is 22.8 Å². The molecule has 3 rings (SSSR count). The van der Waals surface area contributed by atoms with E-state index in [0.717, 1.165) is 16.6 Å². The lowest BCUT2D eigenvalue weighted by atomic mass is 10.2. The van der Waals surface area contributed by atoms with Crippen LogP contribution < -0.4 is 5.32 Å². The SMILES string of the molecule is Cc1ccc(NC(=O)CN(C)Cc2ccc3nonc3c2)nc1. The molecule has 0 aliphatic heterocycles. The van der Waals surface area contributed by atoms with E-state index in [0.29, 0.717) is 17.9 Å². The molecule has 1 N–H and O–H groups in total. The van der Waals surface area contributed by atoms with E-state index in [-0.39, 0.29) is 12.5 Å². The summed E-state index contributed by atoms with van der Waals surface area (Å²) in [5.74, 6) is 0.456. The number of hydrogen-bond acceptors (Lipinski definition) is 6. The van der Waals surface area contributed by atoms with Crippen molar-refractivity contribution in [2.45, 2.75) is 13.5 Å². The molecule has 2 heterocycles. The molecule has 23 heavy (non-hydrogen) atoms. The predicted molar refractivity (Wildman–Crippen MR) is 85.7 cm³/mol. The standard InChI is InChI=1S/C16H17N5O2/c1-11-3-6-15(17-8-11)18-16(22)10-21(2)9-12-4-5-13-14(7-12)20-23-19-13/h3-8H,9-10H2,1-2H3,(H,17,18,22). The molecule has 7 nitrogen and oxygen atoms in total.